The van der Waals surface area contributed by atoms with Gasteiger partial charge in [-0.15, -0.1) is 6.58 Å². The molecule has 1 heterocycles. The van der Waals surface area contributed by atoms with E-state index in [-0.39, 0.29) is 17.8 Å². The highest BCUT2D eigenvalue weighted by molar-refractivity contribution is 7.89. The highest BCUT2D eigenvalue weighted by Crippen LogP contribution is 2.09. The van der Waals surface area contributed by atoms with Crippen LogP contribution in [0.1, 0.15) is 13.8 Å². The molecule has 0 unspecified atom stereocenters. The molecule has 0 aliphatic carbocycles. The summed E-state index contributed by atoms with van der Waals surface area (Å²) in [6, 6.07) is 0.441. The van der Waals surface area contributed by atoms with Crippen molar-refractivity contribution in [1.29, 1.82) is 0 Å². The number of hydrogen-bond acceptors (Lipinski definition) is 3. The number of sulfonamides is 1. The van der Waals surface area contributed by atoms with Gasteiger partial charge in [0.15, 0.2) is 0 Å². The average Bonchev–Trinajstić information content (AvgIpc) is 2.02. The van der Waals surface area contributed by atoms with E-state index in [9.17, 15) is 8.42 Å². The third kappa shape index (κ3) is 2.80. The van der Waals surface area contributed by atoms with E-state index in [0.717, 1.165) is 0 Å². The van der Waals surface area contributed by atoms with Crippen molar-refractivity contribution >= 4 is 10.0 Å². The summed E-state index contributed by atoms with van der Waals surface area (Å²) in [6.45, 7) is 8.55. The zero-order chi connectivity index (χ0) is 10.8. The topological polar surface area (TPSA) is 49.4 Å². The molecular formula is C9H18N2O2S. The van der Waals surface area contributed by atoms with Gasteiger partial charge in [0.25, 0.3) is 0 Å². The first kappa shape index (κ1) is 11.7. The van der Waals surface area contributed by atoms with Crippen molar-refractivity contribution in [3.8, 4) is 0 Å². The van der Waals surface area contributed by atoms with Crippen LogP contribution in [0.4, 0.5) is 0 Å². The zero-order valence-electron chi connectivity index (χ0n) is 8.73. The molecule has 0 bridgehead atoms. The third-order valence-electron chi connectivity index (χ3n) is 2.25. The summed E-state index contributed by atoms with van der Waals surface area (Å²) in [4.78, 5) is 0. The second-order valence-corrected chi connectivity index (χ2v) is 5.87. The van der Waals surface area contributed by atoms with Gasteiger partial charge in [-0.25, -0.2) is 8.42 Å². The number of rotatable bonds is 3. The Hall–Kier alpha value is -0.390. The quantitative estimate of drug-likeness (QED) is 0.688. The molecule has 0 aromatic heterocycles. The Kier molecular flexibility index (Phi) is 3.69. The van der Waals surface area contributed by atoms with Crippen LogP contribution in [0.5, 0.6) is 0 Å². The molecule has 2 atom stereocenters. The Morgan fingerprint density at radius 1 is 1.43 bits per heavy atom. The summed E-state index contributed by atoms with van der Waals surface area (Å²) in [5.74, 6) is 0.0342. The van der Waals surface area contributed by atoms with Crippen molar-refractivity contribution in [3.05, 3.63) is 12.7 Å². The van der Waals surface area contributed by atoms with Crippen molar-refractivity contribution in [2.45, 2.75) is 25.9 Å². The Morgan fingerprint density at radius 2 is 1.93 bits per heavy atom. The summed E-state index contributed by atoms with van der Waals surface area (Å²) in [6.07, 6.45) is 1.44. The van der Waals surface area contributed by atoms with Crippen LogP contribution in [-0.4, -0.2) is 43.6 Å². The minimum absolute atomic E-state index is 0.0342. The van der Waals surface area contributed by atoms with Crippen LogP contribution in [0.15, 0.2) is 12.7 Å². The van der Waals surface area contributed by atoms with Gasteiger partial charge in [0, 0.05) is 25.2 Å². The van der Waals surface area contributed by atoms with Gasteiger partial charge < -0.3 is 5.32 Å². The molecule has 14 heavy (non-hydrogen) atoms. The van der Waals surface area contributed by atoms with Crippen LogP contribution in [0, 0.1) is 0 Å². The molecular weight excluding hydrogens is 200 g/mol. The lowest BCUT2D eigenvalue weighted by atomic mass is 10.2. The molecule has 1 fully saturated rings. The highest BCUT2D eigenvalue weighted by atomic mass is 32.2. The largest absolute Gasteiger partial charge is 0.309 e. The van der Waals surface area contributed by atoms with E-state index in [1.807, 2.05) is 13.8 Å². The van der Waals surface area contributed by atoms with E-state index < -0.39 is 10.0 Å². The third-order valence-corrected chi connectivity index (χ3v) is 3.99. The fraction of sp³-hybridized carbons (Fsp3) is 0.778. The normalized spacial score (nSPS) is 30.1. The molecule has 1 N–H and O–H groups in total. The van der Waals surface area contributed by atoms with Crippen LogP contribution in [0.2, 0.25) is 0 Å². The van der Waals surface area contributed by atoms with Gasteiger partial charge in [-0.2, -0.15) is 4.31 Å². The Morgan fingerprint density at radius 3 is 2.36 bits per heavy atom. The van der Waals surface area contributed by atoms with Crippen molar-refractivity contribution in [2.24, 2.45) is 0 Å². The zero-order valence-corrected chi connectivity index (χ0v) is 9.55. The van der Waals surface area contributed by atoms with Gasteiger partial charge in [-0.3, -0.25) is 0 Å². The second-order valence-electron chi connectivity index (χ2n) is 3.85. The van der Waals surface area contributed by atoms with Gasteiger partial charge in [0.1, 0.15) is 0 Å². The first-order valence-electron chi connectivity index (χ1n) is 4.80. The number of nitrogens with one attached hydrogen (secondary N) is 1. The van der Waals surface area contributed by atoms with Gasteiger partial charge in [0.2, 0.25) is 10.0 Å². The van der Waals surface area contributed by atoms with Gasteiger partial charge in [-0.05, 0) is 13.8 Å². The highest BCUT2D eigenvalue weighted by Gasteiger charge is 2.28. The maximum Gasteiger partial charge on any atom is 0.217 e. The Bertz CT molecular complexity index is 290. The van der Waals surface area contributed by atoms with Crippen LogP contribution < -0.4 is 5.32 Å². The average molecular weight is 218 g/mol. The van der Waals surface area contributed by atoms with Crippen molar-refractivity contribution in [2.75, 3.05) is 18.8 Å². The fourth-order valence-electron chi connectivity index (χ4n) is 1.76. The van der Waals surface area contributed by atoms with E-state index >= 15 is 0 Å². The van der Waals surface area contributed by atoms with E-state index in [1.165, 1.54) is 6.08 Å². The molecule has 0 radical (unpaired) electrons. The van der Waals surface area contributed by atoms with Gasteiger partial charge in [-0.1, -0.05) is 6.08 Å². The van der Waals surface area contributed by atoms with Crippen LogP contribution >= 0.6 is 0 Å². The molecule has 5 heteroatoms. The molecule has 1 aliphatic heterocycles. The SMILES string of the molecule is C=CCS(=O)(=O)N1C[C@@H](C)N[C@@H](C)C1. The summed E-state index contributed by atoms with van der Waals surface area (Å²) >= 11 is 0. The van der Waals surface area contributed by atoms with Crippen molar-refractivity contribution < 1.29 is 8.42 Å². The van der Waals surface area contributed by atoms with Crippen LogP contribution in [-0.2, 0) is 10.0 Å². The van der Waals surface area contributed by atoms with Gasteiger partial charge in [0.05, 0.1) is 5.75 Å². The standard InChI is InChI=1S/C9H18N2O2S/c1-4-5-14(12,13)11-6-8(2)10-9(3)7-11/h4,8-10H,1,5-7H2,2-3H3/t8-,9+. The van der Waals surface area contributed by atoms with E-state index in [4.69, 9.17) is 0 Å². The van der Waals surface area contributed by atoms with Crippen LogP contribution in [0.25, 0.3) is 0 Å². The van der Waals surface area contributed by atoms with E-state index in [1.54, 1.807) is 4.31 Å². The minimum atomic E-state index is -3.12. The molecule has 1 rings (SSSR count). The maximum absolute atomic E-state index is 11.7. The molecule has 0 spiro atoms. The van der Waals surface area contributed by atoms with Gasteiger partial charge >= 0.3 is 0 Å². The van der Waals surface area contributed by atoms with E-state index in [2.05, 4.69) is 11.9 Å². The summed E-state index contributed by atoms with van der Waals surface area (Å²) in [5, 5.41) is 3.29. The Labute approximate surface area is 86.0 Å². The lowest BCUT2D eigenvalue weighted by Crippen LogP contribution is -2.56. The maximum atomic E-state index is 11.7. The first-order valence-corrected chi connectivity index (χ1v) is 6.41. The molecule has 0 aromatic rings. The molecule has 0 saturated carbocycles. The van der Waals surface area contributed by atoms with Crippen LogP contribution in [0.3, 0.4) is 0 Å². The lowest BCUT2D eigenvalue weighted by Gasteiger charge is -2.35. The Balaban J connectivity index is 2.72. The monoisotopic (exact) mass is 218 g/mol. The predicted octanol–water partition coefficient (Wildman–Crippen LogP) is 0.184. The van der Waals surface area contributed by atoms with Crippen molar-refractivity contribution in [1.82, 2.24) is 9.62 Å². The molecule has 82 valence electrons. The molecule has 1 aliphatic rings. The fourth-order valence-corrected chi connectivity index (χ4v) is 3.17. The predicted molar refractivity (Wildman–Crippen MR) is 57.6 cm³/mol. The smallest absolute Gasteiger partial charge is 0.217 e. The first-order chi connectivity index (χ1) is 6.45. The summed E-state index contributed by atoms with van der Waals surface area (Å²) in [7, 11) is -3.12. The van der Waals surface area contributed by atoms with Crippen molar-refractivity contribution in [3.63, 3.8) is 0 Å². The summed E-state index contributed by atoms with van der Waals surface area (Å²) in [5.41, 5.74) is 0. The number of hydrogen-bond donors (Lipinski definition) is 1. The lowest BCUT2D eigenvalue weighted by molar-refractivity contribution is 0.263. The number of piperazine rings is 1. The summed E-state index contributed by atoms with van der Waals surface area (Å²) < 4.78 is 24.9. The number of nitrogens with zero attached hydrogens (tertiary/aromatic N) is 1. The molecule has 4 nitrogen and oxygen atoms in total. The van der Waals surface area contributed by atoms with E-state index in [0.29, 0.717) is 13.1 Å². The molecule has 0 amide bonds. The molecule has 0 aromatic carbocycles. The molecule has 1 saturated heterocycles. The second kappa shape index (κ2) is 4.42. The minimum Gasteiger partial charge on any atom is -0.309 e.